The molecule has 0 bridgehead atoms. The lowest BCUT2D eigenvalue weighted by atomic mass is 9.77. The Labute approximate surface area is 368 Å². The van der Waals surface area contributed by atoms with Gasteiger partial charge in [-0.05, 0) is 218 Å². The average molecular weight is 802 g/mol. The van der Waals surface area contributed by atoms with Crippen molar-refractivity contribution in [2.75, 3.05) is 4.90 Å². The summed E-state index contributed by atoms with van der Waals surface area (Å²) in [6.07, 6.45) is 0. The molecule has 2 aliphatic rings. The van der Waals surface area contributed by atoms with Crippen LogP contribution in [0.25, 0.3) is 110 Å². The highest BCUT2D eigenvalue weighted by atomic mass is 15.1. The van der Waals surface area contributed by atoms with E-state index in [-0.39, 0.29) is 5.41 Å². The molecule has 63 heavy (non-hydrogen) atoms. The highest BCUT2D eigenvalue weighted by Gasteiger charge is 2.26. The third-order valence-corrected chi connectivity index (χ3v) is 13.8. The van der Waals surface area contributed by atoms with Gasteiger partial charge < -0.3 is 4.90 Å². The van der Waals surface area contributed by atoms with E-state index in [0.717, 1.165) is 17.1 Å². The molecule has 0 amide bonds. The Morgan fingerprint density at radius 2 is 0.571 bits per heavy atom. The molecule has 13 rings (SSSR count). The maximum atomic E-state index is 2.43. The monoisotopic (exact) mass is 801 g/mol. The van der Waals surface area contributed by atoms with E-state index >= 15 is 0 Å². The highest BCUT2D eigenvalue weighted by Crippen LogP contribution is 2.53. The van der Waals surface area contributed by atoms with Gasteiger partial charge in [-0.15, -0.1) is 0 Å². The first-order chi connectivity index (χ1) is 30.8. The van der Waals surface area contributed by atoms with Crippen LogP contribution in [0.5, 0.6) is 0 Å². The maximum Gasteiger partial charge on any atom is 0.0468 e. The van der Waals surface area contributed by atoms with E-state index in [1.54, 1.807) is 0 Å². The first-order valence-electron chi connectivity index (χ1n) is 22.1. The first kappa shape index (κ1) is 36.0. The van der Waals surface area contributed by atoms with Crippen LogP contribution in [-0.2, 0) is 5.41 Å². The smallest absolute Gasteiger partial charge is 0.0468 e. The van der Waals surface area contributed by atoms with Crippen LogP contribution in [-0.4, -0.2) is 0 Å². The lowest BCUT2D eigenvalue weighted by molar-refractivity contribution is 0.590. The van der Waals surface area contributed by atoms with Crippen molar-refractivity contribution in [3.63, 3.8) is 0 Å². The van der Waals surface area contributed by atoms with Crippen molar-refractivity contribution in [3.8, 4) is 66.8 Å². The Morgan fingerprint density at radius 1 is 0.254 bits per heavy atom. The van der Waals surface area contributed by atoms with Crippen molar-refractivity contribution >= 4 is 60.2 Å². The second-order valence-electron chi connectivity index (χ2n) is 18.6. The Morgan fingerprint density at radius 3 is 0.937 bits per heavy atom. The highest BCUT2D eigenvalue weighted by molar-refractivity contribution is 6.14. The van der Waals surface area contributed by atoms with Crippen molar-refractivity contribution in [2.24, 2.45) is 0 Å². The SMILES string of the molecule is CC(C)(C)c1ccc(N(c2ccc3cc4c(cc3c2)-c2cc3ccc(-c5ccccc5)cc3cc2-4)c2ccc3cc4c(cc3c2)-c2cc3ccc(-c5ccccc5)cc3cc2-4)cc1. The molecule has 0 saturated carbocycles. The van der Waals surface area contributed by atoms with Crippen LogP contribution < -0.4 is 4.90 Å². The molecule has 1 nitrogen and oxygen atoms in total. The molecule has 0 N–H and O–H groups in total. The van der Waals surface area contributed by atoms with E-state index in [0.29, 0.717) is 0 Å². The number of fused-ring (bicyclic) bond motifs is 12. The van der Waals surface area contributed by atoms with Gasteiger partial charge >= 0.3 is 0 Å². The van der Waals surface area contributed by atoms with Crippen LogP contribution in [0.4, 0.5) is 17.1 Å². The van der Waals surface area contributed by atoms with Crippen LogP contribution in [0.3, 0.4) is 0 Å². The summed E-state index contributed by atoms with van der Waals surface area (Å²) in [5, 5.41) is 10.1. The third kappa shape index (κ3) is 5.77. The molecule has 0 fully saturated rings. The standard InChI is InChI=1S/C62H43N/c1-62(2,3)50-20-24-51(25-21-50)63(52-22-18-44-32-56-58-34-46-26-40(38-10-6-4-7-11-38)14-16-42(46)30-54(58)60(56)36-48(44)28-52)53-23-19-45-33-57-59-35-47-27-41(39-12-8-5-9-13-39)15-17-43(47)31-55(59)61(57)37-49(45)29-53/h4-37H,1-3H3. The van der Waals surface area contributed by atoms with E-state index in [1.165, 1.54) is 115 Å². The molecule has 11 aromatic rings. The fourth-order valence-corrected chi connectivity index (χ4v) is 10.3. The Hall–Kier alpha value is -7.74. The number of rotatable bonds is 5. The predicted octanol–water partition coefficient (Wildman–Crippen LogP) is 17.7. The summed E-state index contributed by atoms with van der Waals surface area (Å²) >= 11 is 0. The molecule has 0 atom stereocenters. The van der Waals surface area contributed by atoms with Crippen LogP contribution in [0.15, 0.2) is 206 Å². The zero-order valence-corrected chi connectivity index (χ0v) is 35.6. The van der Waals surface area contributed by atoms with Gasteiger partial charge in [0.05, 0.1) is 0 Å². The number of hydrogen-bond donors (Lipinski definition) is 0. The third-order valence-electron chi connectivity index (χ3n) is 13.8. The Bertz CT molecular complexity index is 3470. The Balaban J connectivity index is 0.883. The predicted molar refractivity (Wildman–Crippen MR) is 270 cm³/mol. The molecule has 0 spiro atoms. The van der Waals surface area contributed by atoms with Gasteiger partial charge in [0.25, 0.3) is 0 Å². The Kier molecular flexibility index (Phi) is 7.64. The van der Waals surface area contributed by atoms with E-state index in [4.69, 9.17) is 0 Å². The van der Waals surface area contributed by atoms with Crippen LogP contribution in [0.2, 0.25) is 0 Å². The van der Waals surface area contributed by atoms with E-state index in [1.807, 2.05) is 0 Å². The zero-order valence-electron chi connectivity index (χ0n) is 35.6. The fraction of sp³-hybridized carbons (Fsp3) is 0.0645. The summed E-state index contributed by atoms with van der Waals surface area (Å²) in [5.74, 6) is 0. The van der Waals surface area contributed by atoms with Gasteiger partial charge in [0.15, 0.2) is 0 Å². The van der Waals surface area contributed by atoms with Gasteiger partial charge in [0.2, 0.25) is 0 Å². The second-order valence-corrected chi connectivity index (χ2v) is 18.6. The summed E-state index contributed by atoms with van der Waals surface area (Å²) < 4.78 is 0. The van der Waals surface area contributed by atoms with Gasteiger partial charge in [0.1, 0.15) is 0 Å². The van der Waals surface area contributed by atoms with E-state index in [2.05, 4.69) is 232 Å². The van der Waals surface area contributed by atoms with Gasteiger partial charge in [-0.2, -0.15) is 0 Å². The quantitative estimate of drug-likeness (QED) is 0.168. The molecule has 296 valence electrons. The van der Waals surface area contributed by atoms with Crippen LogP contribution in [0, 0.1) is 0 Å². The van der Waals surface area contributed by atoms with Crippen molar-refractivity contribution < 1.29 is 0 Å². The second kappa shape index (κ2) is 13.4. The lowest BCUT2D eigenvalue weighted by Crippen LogP contribution is -2.13. The molecule has 2 aliphatic carbocycles. The fourth-order valence-electron chi connectivity index (χ4n) is 10.3. The summed E-state index contributed by atoms with van der Waals surface area (Å²) in [5.41, 5.74) is 20.5. The molecule has 1 heteroatoms. The van der Waals surface area contributed by atoms with Gasteiger partial charge in [0, 0.05) is 17.1 Å². The van der Waals surface area contributed by atoms with Crippen LogP contribution in [0.1, 0.15) is 26.3 Å². The number of nitrogens with zero attached hydrogens (tertiary/aromatic N) is 1. The summed E-state index contributed by atoms with van der Waals surface area (Å²) in [7, 11) is 0. The van der Waals surface area contributed by atoms with E-state index in [9.17, 15) is 0 Å². The maximum absolute atomic E-state index is 2.43. The first-order valence-corrected chi connectivity index (χ1v) is 22.1. The zero-order chi connectivity index (χ0) is 42.0. The average Bonchev–Trinajstić information content (AvgIpc) is 3.32. The molecule has 0 aromatic heterocycles. The topological polar surface area (TPSA) is 3.24 Å². The lowest BCUT2D eigenvalue weighted by Gasteiger charge is -2.29. The van der Waals surface area contributed by atoms with Crippen molar-refractivity contribution in [2.45, 2.75) is 26.2 Å². The minimum atomic E-state index is 0.0661. The minimum Gasteiger partial charge on any atom is -0.310 e. The molecule has 11 aromatic carbocycles. The minimum absolute atomic E-state index is 0.0661. The van der Waals surface area contributed by atoms with E-state index < -0.39 is 0 Å². The normalized spacial score (nSPS) is 12.4. The molecule has 0 saturated heterocycles. The molecule has 0 unspecified atom stereocenters. The van der Waals surface area contributed by atoms with Gasteiger partial charge in [-0.25, -0.2) is 0 Å². The molecular weight excluding hydrogens is 759 g/mol. The number of benzene rings is 11. The summed E-state index contributed by atoms with van der Waals surface area (Å²) in [6.45, 7) is 6.85. The molecule has 0 radical (unpaired) electrons. The summed E-state index contributed by atoms with van der Waals surface area (Å²) in [6, 6.07) is 77.3. The molecule has 0 heterocycles. The van der Waals surface area contributed by atoms with Crippen molar-refractivity contribution in [1.82, 2.24) is 0 Å². The summed E-state index contributed by atoms with van der Waals surface area (Å²) in [4.78, 5) is 2.43. The van der Waals surface area contributed by atoms with Crippen LogP contribution >= 0.6 is 0 Å². The molecular formula is C62H43N. The largest absolute Gasteiger partial charge is 0.310 e. The molecule has 0 aliphatic heterocycles. The number of anilines is 3. The number of hydrogen-bond acceptors (Lipinski definition) is 1. The van der Waals surface area contributed by atoms with Gasteiger partial charge in [-0.1, -0.05) is 130 Å². The van der Waals surface area contributed by atoms with Crippen molar-refractivity contribution in [3.05, 3.63) is 212 Å². The van der Waals surface area contributed by atoms with Crippen molar-refractivity contribution in [1.29, 1.82) is 0 Å². The van der Waals surface area contributed by atoms with Gasteiger partial charge in [-0.3, -0.25) is 0 Å².